The van der Waals surface area contributed by atoms with Crippen molar-refractivity contribution in [2.75, 3.05) is 0 Å². The maximum Gasteiger partial charge on any atom is -0.0199 e. The van der Waals surface area contributed by atoms with E-state index in [0.717, 1.165) is 6.42 Å². The van der Waals surface area contributed by atoms with Crippen molar-refractivity contribution in [2.24, 2.45) is 0 Å². The summed E-state index contributed by atoms with van der Waals surface area (Å²) in [5.74, 6) is 0. The second-order valence-corrected chi connectivity index (χ2v) is 3.15. The largest absolute Gasteiger partial charge is 0.0984 e. The molecule has 0 nitrogen and oxygen atoms in total. The molecule has 0 aliphatic rings. The lowest BCUT2D eigenvalue weighted by Crippen LogP contribution is -1.93. The van der Waals surface area contributed by atoms with E-state index in [0.29, 0.717) is 0 Å². The van der Waals surface area contributed by atoms with Crippen molar-refractivity contribution in [1.29, 1.82) is 0 Å². The van der Waals surface area contributed by atoms with Crippen molar-refractivity contribution in [1.82, 2.24) is 0 Å². The molecule has 1 rings (SSSR count). The molecular formula is C12H16. The third-order valence-corrected chi connectivity index (χ3v) is 2.37. The van der Waals surface area contributed by atoms with Crippen LogP contribution in [0.4, 0.5) is 0 Å². The van der Waals surface area contributed by atoms with E-state index in [4.69, 9.17) is 0 Å². The van der Waals surface area contributed by atoms with Crippen LogP contribution in [0.3, 0.4) is 0 Å². The van der Waals surface area contributed by atoms with Gasteiger partial charge in [-0.3, -0.25) is 0 Å². The second kappa shape index (κ2) is 3.57. The summed E-state index contributed by atoms with van der Waals surface area (Å²) in [5, 5.41) is 0. The summed E-state index contributed by atoms with van der Waals surface area (Å²) in [6.07, 6.45) is 3.05. The van der Waals surface area contributed by atoms with E-state index in [1.54, 1.807) is 0 Å². The van der Waals surface area contributed by atoms with Gasteiger partial charge < -0.3 is 0 Å². The zero-order valence-corrected chi connectivity index (χ0v) is 8.15. The quantitative estimate of drug-likeness (QED) is 0.621. The lowest BCUT2D eigenvalue weighted by atomic mass is 9.96. The second-order valence-electron chi connectivity index (χ2n) is 3.15. The molecule has 0 aromatic heterocycles. The van der Waals surface area contributed by atoms with Gasteiger partial charge in [-0.2, -0.15) is 0 Å². The van der Waals surface area contributed by atoms with Gasteiger partial charge in [0, 0.05) is 0 Å². The average molecular weight is 160 g/mol. The number of rotatable bonds is 2. The maximum atomic E-state index is 3.84. The Kier molecular flexibility index (Phi) is 2.69. The molecule has 0 aliphatic heterocycles. The monoisotopic (exact) mass is 160 g/mol. The lowest BCUT2D eigenvalue weighted by Gasteiger charge is -2.10. The Morgan fingerprint density at radius 3 is 2.25 bits per heavy atom. The highest BCUT2D eigenvalue weighted by molar-refractivity contribution is 5.58. The minimum atomic E-state index is 1.09. The molecule has 0 amide bonds. The number of benzene rings is 1. The smallest absolute Gasteiger partial charge is 0.0199 e. The van der Waals surface area contributed by atoms with Crippen molar-refractivity contribution in [3.05, 3.63) is 41.0 Å². The molecule has 0 radical (unpaired) electrons. The van der Waals surface area contributed by atoms with Crippen molar-refractivity contribution in [3.8, 4) is 0 Å². The molecule has 0 heteroatoms. The van der Waals surface area contributed by atoms with Gasteiger partial charge in [-0.1, -0.05) is 31.7 Å². The summed E-state index contributed by atoms with van der Waals surface area (Å²) in [7, 11) is 0. The van der Waals surface area contributed by atoms with Gasteiger partial charge in [0.1, 0.15) is 0 Å². The van der Waals surface area contributed by atoms with Gasteiger partial charge in [0.15, 0.2) is 0 Å². The van der Waals surface area contributed by atoms with Crippen LogP contribution in [0.15, 0.2) is 18.7 Å². The maximum absolute atomic E-state index is 3.84. The van der Waals surface area contributed by atoms with Crippen LogP contribution < -0.4 is 0 Å². The Morgan fingerprint density at radius 2 is 1.83 bits per heavy atom. The first kappa shape index (κ1) is 9.05. The Bertz CT molecular complexity index is 295. The lowest BCUT2D eigenvalue weighted by molar-refractivity contribution is 1.09. The Labute approximate surface area is 74.9 Å². The topological polar surface area (TPSA) is 0 Å². The summed E-state index contributed by atoms with van der Waals surface area (Å²) in [4.78, 5) is 0. The molecule has 0 heterocycles. The van der Waals surface area contributed by atoms with Crippen molar-refractivity contribution >= 4 is 6.08 Å². The molecule has 0 saturated heterocycles. The molecule has 0 unspecified atom stereocenters. The summed E-state index contributed by atoms with van der Waals surface area (Å²) >= 11 is 0. The van der Waals surface area contributed by atoms with E-state index in [2.05, 4.69) is 39.5 Å². The van der Waals surface area contributed by atoms with E-state index in [1.165, 1.54) is 22.3 Å². The molecule has 0 bridgehead atoms. The normalized spacial score (nSPS) is 9.92. The highest BCUT2D eigenvalue weighted by Gasteiger charge is 2.02. The predicted octanol–water partition coefficient (Wildman–Crippen LogP) is 3.51. The van der Waals surface area contributed by atoms with Gasteiger partial charge in [0.25, 0.3) is 0 Å². The predicted molar refractivity (Wildman–Crippen MR) is 55.4 cm³/mol. The van der Waals surface area contributed by atoms with Crippen LogP contribution in [0.1, 0.15) is 29.2 Å². The summed E-state index contributed by atoms with van der Waals surface area (Å²) in [6.45, 7) is 10.3. The number of hydrogen-bond donors (Lipinski definition) is 0. The minimum absolute atomic E-state index is 1.09. The highest BCUT2D eigenvalue weighted by atomic mass is 14.1. The van der Waals surface area contributed by atoms with E-state index in [9.17, 15) is 0 Å². The van der Waals surface area contributed by atoms with Crippen molar-refractivity contribution in [3.63, 3.8) is 0 Å². The van der Waals surface area contributed by atoms with Gasteiger partial charge in [-0.15, -0.1) is 0 Å². The highest BCUT2D eigenvalue weighted by Crippen LogP contribution is 2.19. The molecule has 0 atom stereocenters. The van der Waals surface area contributed by atoms with Gasteiger partial charge in [0.2, 0.25) is 0 Å². The van der Waals surface area contributed by atoms with Crippen molar-refractivity contribution in [2.45, 2.75) is 27.2 Å². The van der Waals surface area contributed by atoms with Crippen LogP contribution in [-0.2, 0) is 6.42 Å². The van der Waals surface area contributed by atoms with E-state index < -0.39 is 0 Å². The van der Waals surface area contributed by atoms with Crippen LogP contribution in [0, 0.1) is 13.8 Å². The van der Waals surface area contributed by atoms with E-state index in [-0.39, 0.29) is 0 Å². The molecule has 1 aromatic carbocycles. The molecule has 64 valence electrons. The zero-order chi connectivity index (χ0) is 9.14. The first-order chi connectivity index (χ1) is 5.70. The van der Waals surface area contributed by atoms with Crippen LogP contribution >= 0.6 is 0 Å². The first-order valence-corrected chi connectivity index (χ1v) is 4.42. The molecule has 0 N–H and O–H groups in total. The Hall–Kier alpha value is -1.04. The fourth-order valence-electron chi connectivity index (χ4n) is 1.64. The minimum Gasteiger partial charge on any atom is -0.0984 e. The van der Waals surface area contributed by atoms with Gasteiger partial charge in [0.05, 0.1) is 0 Å². The molecule has 0 saturated carbocycles. The van der Waals surface area contributed by atoms with Gasteiger partial charge in [-0.05, 0) is 42.5 Å². The molecule has 12 heavy (non-hydrogen) atoms. The SMILES string of the molecule is C=Cc1c(C)ccc(C)c1CC. The molecule has 0 fully saturated rings. The molecular weight excluding hydrogens is 144 g/mol. The third kappa shape index (κ3) is 1.42. The van der Waals surface area contributed by atoms with Crippen LogP contribution in [0.25, 0.3) is 6.08 Å². The standard InChI is InChI=1S/C12H16/c1-5-11-9(3)7-8-10(4)12(11)6-2/h5,7-8H,1,6H2,2-4H3. The first-order valence-electron chi connectivity index (χ1n) is 4.42. The Balaban J connectivity index is 3.38. The zero-order valence-electron chi connectivity index (χ0n) is 8.15. The number of aryl methyl sites for hydroxylation is 2. The van der Waals surface area contributed by atoms with Gasteiger partial charge >= 0.3 is 0 Å². The van der Waals surface area contributed by atoms with E-state index in [1.807, 2.05) is 6.08 Å². The summed E-state index contributed by atoms with van der Waals surface area (Å²) in [6, 6.07) is 4.34. The van der Waals surface area contributed by atoms with Gasteiger partial charge in [-0.25, -0.2) is 0 Å². The molecule has 0 aliphatic carbocycles. The summed E-state index contributed by atoms with van der Waals surface area (Å²) in [5.41, 5.74) is 5.45. The van der Waals surface area contributed by atoms with Crippen LogP contribution in [-0.4, -0.2) is 0 Å². The van der Waals surface area contributed by atoms with Crippen LogP contribution in [0.2, 0.25) is 0 Å². The molecule has 0 spiro atoms. The fourth-order valence-corrected chi connectivity index (χ4v) is 1.64. The van der Waals surface area contributed by atoms with E-state index >= 15 is 0 Å². The Morgan fingerprint density at radius 1 is 1.25 bits per heavy atom. The fraction of sp³-hybridized carbons (Fsp3) is 0.333. The summed E-state index contributed by atoms with van der Waals surface area (Å²) < 4.78 is 0. The van der Waals surface area contributed by atoms with Crippen LogP contribution in [0.5, 0.6) is 0 Å². The molecule has 1 aromatic rings. The number of hydrogen-bond acceptors (Lipinski definition) is 0. The average Bonchev–Trinajstić information content (AvgIpc) is 2.08. The van der Waals surface area contributed by atoms with Crippen molar-refractivity contribution < 1.29 is 0 Å². The third-order valence-electron chi connectivity index (χ3n) is 2.37.